The molecule has 0 aromatic heterocycles. The molecule has 0 aliphatic carbocycles. The van der Waals surface area contributed by atoms with Gasteiger partial charge < -0.3 is 9.47 Å². The Morgan fingerprint density at radius 1 is 0.562 bits per heavy atom. The highest BCUT2D eigenvalue weighted by molar-refractivity contribution is 6.12. The van der Waals surface area contributed by atoms with Gasteiger partial charge in [-0.25, -0.2) is 8.78 Å². The van der Waals surface area contributed by atoms with Crippen molar-refractivity contribution in [3.05, 3.63) is 118 Å². The maximum Gasteiger partial charge on any atom is 0.138 e. The molecule has 2 aliphatic heterocycles. The van der Waals surface area contributed by atoms with Crippen LogP contribution < -0.4 is 9.47 Å². The van der Waals surface area contributed by atoms with Crippen LogP contribution in [-0.4, -0.2) is 0 Å². The quantitative estimate of drug-likeness (QED) is 0.336. The molecule has 2 heterocycles. The van der Waals surface area contributed by atoms with Gasteiger partial charge in [-0.3, -0.25) is 0 Å². The van der Waals surface area contributed by atoms with Gasteiger partial charge in [-0.05, 0) is 83.6 Å². The second kappa shape index (κ2) is 6.79. The fourth-order valence-corrected chi connectivity index (χ4v) is 4.64. The highest BCUT2D eigenvalue weighted by atomic mass is 19.1. The van der Waals surface area contributed by atoms with Crippen LogP contribution >= 0.6 is 0 Å². The first kappa shape index (κ1) is 18.8. The largest absolute Gasteiger partial charge is 0.463 e. The average molecular weight is 424 g/mol. The smallest absolute Gasteiger partial charge is 0.138 e. The van der Waals surface area contributed by atoms with Gasteiger partial charge in [-0.2, -0.15) is 0 Å². The minimum absolute atomic E-state index is 0.279. The monoisotopic (exact) mass is 424 g/mol. The van der Waals surface area contributed by atoms with E-state index in [-0.39, 0.29) is 11.6 Å². The Kier molecular flexibility index (Phi) is 3.99. The molecule has 6 rings (SSSR count). The molecular formula is C28H18F2O2. The molecule has 0 bridgehead atoms. The molecule has 156 valence electrons. The second-order valence-corrected chi connectivity index (χ2v) is 8.20. The van der Waals surface area contributed by atoms with Crippen molar-refractivity contribution in [3.8, 4) is 11.5 Å². The van der Waals surface area contributed by atoms with E-state index < -0.39 is 0 Å². The predicted octanol–water partition coefficient (Wildman–Crippen LogP) is 7.30. The maximum atomic E-state index is 13.5. The molecular weight excluding hydrogens is 406 g/mol. The number of aryl methyl sites for hydroxylation is 2. The molecule has 0 atom stereocenters. The van der Waals surface area contributed by atoms with E-state index in [4.69, 9.17) is 9.47 Å². The van der Waals surface area contributed by atoms with Crippen LogP contribution in [0.25, 0.3) is 21.9 Å². The van der Waals surface area contributed by atoms with Gasteiger partial charge in [0.05, 0.1) is 12.5 Å². The van der Waals surface area contributed by atoms with Crippen molar-refractivity contribution in [3.63, 3.8) is 0 Å². The summed E-state index contributed by atoms with van der Waals surface area (Å²) < 4.78 is 39.3. The van der Waals surface area contributed by atoms with Crippen LogP contribution in [0.1, 0.15) is 33.4 Å². The summed E-state index contributed by atoms with van der Waals surface area (Å²) in [5.41, 5.74) is 7.55. The minimum Gasteiger partial charge on any atom is -0.463 e. The van der Waals surface area contributed by atoms with Crippen molar-refractivity contribution in [1.29, 1.82) is 0 Å². The van der Waals surface area contributed by atoms with E-state index in [0.717, 1.165) is 66.8 Å². The molecule has 0 unspecified atom stereocenters. The normalized spacial score (nSPS) is 13.9. The zero-order chi connectivity index (χ0) is 22.0. The van der Waals surface area contributed by atoms with E-state index in [1.165, 1.54) is 24.3 Å². The van der Waals surface area contributed by atoms with Crippen molar-refractivity contribution in [2.75, 3.05) is 0 Å². The van der Waals surface area contributed by atoms with Gasteiger partial charge in [-0.15, -0.1) is 0 Å². The molecule has 0 spiro atoms. The molecule has 0 fully saturated rings. The van der Waals surface area contributed by atoms with E-state index in [1.807, 2.05) is 13.8 Å². The van der Waals surface area contributed by atoms with Crippen LogP contribution in [-0.2, 0) is 0 Å². The number of hydrogen-bond acceptors (Lipinski definition) is 2. The highest BCUT2D eigenvalue weighted by Crippen LogP contribution is 2.50. The summed E-state index contributed by atoms with van der Waals surface area (Å²) in [6.07, 6.45) is 3.47. The van der Waals surface area contributed by atoms with Crippen molar-refractivity contribution in [2.45, 2.75) is 13.8 Å². The average Bonchev–Trinajstić information content (AvgIpc) is 2.79. The second-order valence-electron chi connectivity index (χ2n) is 8.20. The molecule has 4 aromatic rings. The lowest BCUT2D eigenvalue weighted by atomic mass is 9.84. The van der Waals surface area contributed by atoms with Crippen molar-refractivity contribution < 1.29 is 18.3 Å². The first-order chi connectivity index (χ1) is 15.5. The summed E-state index contributed by atoms with van der Waals surface area (Å²) in [6.45, 7) is 4.03. The summed E-state index contributed by atoms with van der Waals surface area (Å²) in [5.74, 6) is 1.01. The maximum absolute atomic E-state index is 13.5. The molecule has 0 radical (unpaired) electrons. The van der Waals surface area contributed by atoms with E-state index in [0.29, 0.717) is 0 Å². The summed E-state index contributed by atoms with van der Waals surface area (Å²) in [4.78, 5) is 0. The number of benzene rings is 4. The number of halogens is 2. The van der Waals surface area contributed by atoms with Crippen molar-refractivity contribution in [1.82, 2.24) is 0 Å². The molecule has 2 nitrogen and oxygen atoms in total. The SMILES string of the molecule is Cc1cc2c3c(c(C)cc4c3c1OC=C4c1ccc(F)cc1)OC=C2c1ccc(F)cc1. The zero-order valence-corrected chi connectivity index (χ0v) is 17.5. The molecule has 0 amide bonds. The van der Waals surface area contributed by atoms with Crippen LogP contribution in [0.15, 0.2) is 73.2 Å². The van der Waals surface area contributed by atoms with Gasteiger partial charge >= 0.3 is 0 Å². The molecule has 0 N–H and O–H groups in total. The van der Waals surface area contributed by atoms with E-state index >= 15 is 0 Å². The Labute approximate surface area is 184 Å². The van der Waals surface area contributed by atoms with Crippen LogP contribution in [0, 0.1) is 25.5 Å². The molecule has 2 aliphatic rings. The van der Waals surface area contributed by atoms with Crippen LogP contribution in [0.5, 0.6) is 11.5 Å². The summed E-state index contributed by atoms with van der Waals surface area (Å²) >= 11 is 0. The lowest BCUT2D eigenvalue weighted by Crippen LogP contribution is -2.08. The standard InChI is InChI=1S/C28H18F2O2/c1-15-11-21-23(17-3-7-19(29)8-4-17)14-32-28-16(2)12-22-24(18-5-9-20(30)10-6-18)13-31-27(15)25(22)26(21)28/h3-14H,1-2H3. The molecule has 32 heavy (non-hydrogen) atoms. The van der Waals surface area contributed by atoms with E-state index in [9.17, 15) is 8.78 Å². The first-order valence-corrected chi connectivity index (χ1v) is 10.4. The van der Waals surface area contributed by atoms with Gasteiger partial charge in [0.2, 0.25) is 0 Å². The van der Waals surface area contributed by atoms with Gasteiger partial charge in [0.25, 0.3) is 0 Å². The molecule has 0 saturated carbocycles. The fourth-order valence-electron chi connectivity index (χ4n) is 4.64. The molecule has 4 heteroatoms. The Bertz CT molecular complexity index is 1360. The van der Waals surface area contributed by atoms with E-state index in [1.54, 1.807) is 36.8 Å². The van der Waals surface area contributed by atoms with Gasteiger partial charge in [0, 0.05) is 21.9 Å². The molecule has 0 saturated heterocycles. The predicted molar refractivity (Wildman–Crippen MR) is 122 cm³/mol. The summed E-state index contributed by atoms with van der Waals surface area (Å²) in [6, 6.07) is 17.0. The Morgan fingerprint density at radius 2 is 0.938 bits per heavy atom. The zero-order valence-electron chi connectivity index (χ0n) is 17.5. The highest BCUT2D eigenvalue weighted by Gasteiger charge is 2.28. The lowest BCUT2D eigenvalue weighted by molar-refractivity contribution is 0.474. The third kappa shape index (κ3) is 2.69. The topological polar surface area (TPSA) is 18.5 Å². The van der Waals surface area contributed by atoms with Crippen LogP contribution in [0.2, 0.25) is 0 Å². The first-order valence-electron chi connectivity index (χ1n) is 10.4. The third-order valence-electron chi connectivity index (χ3n) is 6.16. The number of rotatable bonds is 2. The third-order valence-corrected chi connectivity index (χ3v) is 6.16. The van der Waals surface area contributed by atoms with Gasteiger partial charge in [0.15, 0.2) is 0 Å². The van der Waals surface area contributed by atoms with Crippen LogP contribution in [0.3, 0.4) is 0 Å². The van der Waals surface area contributed by atoms with Crippen molar-refractivity contribution in [2.24, 2.45) is 0 Å². The summed E-state index contributed by atoms with van der Waals surface area (Å²) in [7, 11) is 0. The van der Waals surface area contributed by atoms with Crippen LogP contribution in [0.4, 0.5) is 8.78 Å². The Morgan fingerprint density at radius 3 is 1.31 bits per heavy atom. The van der Waals surface area contributed by atoms with E-state index in [2.05, 4.69) is 12.1 Å². The summed E-state index contributed by atoms with van der Waals surface area (Å²) in [5, 5.41) is 1.94. The van der Waals surface area contributed by atoms with Crippen molar-refractivity contribution >= 4 is 21.9 Å². The minimum atomic E-state index is -0.279. The Hall–Kier alpha value is -3.92. The Balaban J connectivity index is 1.65. The van der Waals surface area contributed by atoms with Gasteiger partial charge in [0.1, 0.15) is 23.1 Å². The lowest BCUT2D eigenvalue weighted by Gasteiger charge is -2.28. The van der Waals surface area contributed by atoms with Gasteiger partial charge in [-0.1, -0.05) is 24.3 Å². The number of hydrogen-bond donors (Lipinski definition) is 0. The fraction of sp³-hybridized carbons (Fsp3) is 0.0714. The number of ether oxygens (including phenoxy) is 2. The molecule has 4 aromatic carbocycles.